The minimum atomic E-state index is -0.210. The Morgan fingerprint density at radius 3 is 2.44 bits per heavy atom. The number of benzene rings is 4. The van der Waals surface area contributed by atoms with Crippen LogP contribution in [-0.2, 0) is 4.79 Å². The van der Waals surface area contributed by atoms with Crippen molar-refractivity contribution in [1.82, 2.24) is 9.55 Å². The molecule has 1 aliphatic heterocycles. The lowest BCUT2D eigenvalue weighted by molar-refractivity contribution is -0.110. The van der Waals surface area contributed by atoms with Gasteiger partial charge in [-0.15, -0.1) is 0 Å². The van der Waals surface area contributed by atoms with Crippen LogP contribution in [0.2, 0.25) is 0 Å². The van der Waals surface area contributed by atoms with Crippen molar-refractivity contribution in [2.24, 2.45) is 0 Å². The molecule has 0 saturated carbocycles. The maximum atomic E-state index is 13.6. The second-order valence-electron chi connectivity index (χ2n) is 7.72. The van der Waals surface area contributed by atoms with E-state index in [1.54, 1.807) is 16.7 Å². The summed E-state index contributed by atoms with van der Waals surface area (Å²) < 4.78 is 1.58. The number of aromatic nitrogens is 2. The monoisotopic (exact) mass is 415 g/mol. The second kappa shape index (κ2) is 7.03. The Morgan fingerprint density at radius 2 is 1.53 bits per heavy atom. The number of para-hydroxylation sites is 2. The topological polar surface area (TPSA) is 64.0 Å². The molecular formula is C27H17N3O2. The first-order valence-corrected chi connectivity index (χ1v) is 10.3. The minimum Gasteiger partial charge on any atom is -0.321 e. The molecule has 1 N–H and O–H groups in total. The van der Waals surface area contributed by atoms with Crippen LogP contribution < -0.4 is 10.9 Å². The molecule has 0 radical (unpaired) electrons. The predicted octanol–water partition coefficient (Wildman–Crippen LogP) is 5.03. The van der Waals surface area contributed by atoms with E-state index < -0.39 is 0 Å². The van der Waals surface area contributed by atoms with Gasteiger partial charge >= 0.3 is 0 Å². The predicted molar refractivity (Wildman–Crippen MR) is 128 cm³/mol. The molecule has 5 aromatic rings. The van der Waals surface area contributed by atoms with Crippen LogP contribution in [0, 0.1) is 0 Å². The summed E-state index contributed by atoms with van der Waals surface area (Å²) in [5.74, 6) is 0.199. The number of rotatable bonds is 2. The zero-order valence-electron chi connectivity index (χ0n) is 16.9. The largest absolute Gasteiger partial charge is 0.321 e. The molecule has 4 aromatic carbocycles. The molecule has 0 unspecified atom stereocenters. The Kier molecular flexibility index (Phi) is 4.01. The second-order valence-corrected chi connectivity index (χ2v) is 7.72. The van der Waals surface area contributed by atoms with Crippen LogP contribution in [0.3, 0.4) is 0 Å². The summed E-state index contributed by atoms with van der Waals surface area (Å²) >= 11 is 0. The van der Waals surface area contributed by atoms with Gasteiger partial charge in [-0.1, -0.05) is 60.7 Å². The Hall–Kier alpha value is -4.51. The first kappa shape index (κ1) is 18.3. The maximum absolute atomic E-state index is 13.6. The summed E-state index contributed by atoms with van der Waals surface area (Å²) in [6.45, 7) is 0. The summed E-state index contributed by atoms with van der Waals surface area (Å²) in [5, 5.41) is 5.51. The average Bonchev–Trinajstić information content (AvgIpc) is 3.14. The van der Waals surface area contributed by atoms with Gasteiger partial charge < -0.3 is 5.32 Å². The summed E-state index contributed by atoms with van der Waals surface area (Å²) in [6.07, 6.45) is 1.70. The van der Waals surface area contributed by atoms with Crippen LogP contribution >= 0.6 is 0 Å². The Labute approximate surface area is 183 Å². The molecule has 5 nitrogen and oxygen atoms in total. The summed E-state index contributed by atoms with van der Waals surface area (Å²) in [6, 6.07) is 28.6. The molecule has 152 valence electrons. The molecule has 1 aromatic heterocycles. The fourth-order valence-electron chi connectivity index (χ4n) is 4.22. The molecule has 0 fully saturated rings. The average molecular weight is 415 g/mol. The standard InChI is InChI=1S/C27H17N3O2/c31-26-22(20-9-3-5-11-23(20)29-26)16-25-28-24-12-6-4-10-21(24)27(32)30(25)19-14-13-17-7-1-2-8-18(17)15-19/h1-16H,(H,29,31)/b22-16-. The SMILES string of the molecule is O=C1Nc2ccccc2/C1=C/c1nc2ccccc2c(=O)n1-c1ccc2ccccc2c1. The highest BCUT2D eigenvalue weighted by Crippen LogP contribution is 2.33. The van der Waals surface area contributed by atoms with Gasteiger partial charge in [0.2, 0.25) is 0 Å². The third-order valence-corrected chi connectivity index (χ3v) is 5.78. The number of carbonyl (C=O) groups is 1. The molecule has 32 heavy (non-hydrogen) atoms. The fourth-order valence-corrected chi connectivity index (χ4v) is 4.22. The molecule has 1 aliphatic rings. The van der Waals surface area contributed by atoms with E-state index in [2.05, 4.69) is 5.32 Å². The number of hydrogen-bond acceptors (Lipinski definition) is 3. The van der Waals surface area contributed by atoms with Gasteiger partial charge in [0.05, 0.1) is 22.2 Å². The van der Waals surface area contributed by atoms with E-state index >= 15 is 0 Å². The molecule has 2 heterocycles. The highest BCUT2D eigenvalue weighted by Gasteiger charge is 2.24. The Balaban J connectivity index is 1.66. The van der Waals surface area contributed by atoms with Gasteiger partial charge in [-0.05, 0) is 47.2 Å². The number of nitrogens with one attached hydrogen (secondary N) is 1. The number of nitrogens with zero attached hydrogens (tertiary/aromatic N) is 2. The van der Waals surface area contributed by atoms with Gasteiger partial charge in [-0.2, -0.15) is 0 Å². The first-order valence-electron chi connectivity index (χ1n) is 10.3. The van der Waals surface area contributed by atoms with Crippen molar-refractivity contribution >= 4 is 44.9 Å². The van der Waals surface area contributed by atoms with Gasteiger partial charge in [-0.25, -0.2) is 4.98 Å². The number of amides is 1. The van der Waals surface area contributed by atoms with E-state index in [0.717, 1.165) is 22.0 Å². The smallest absolute Gasteiger partial charge is 0.266 e. The Morgan fingerprint density at radius 1 is 0.781 bits per heavy atom. The normalized spacial score (nSPS) is 14.1. The summed E-state index contributed by atoms with van der Waals surface area (Å²) in [5.41, 5.74) is 3.15. The van der Waals surface area contributed by atoms with Gasteiger partial charge in [0.15, 0.2) is 0 Å². The lowest BCUT2D eigenvalue weighted by Gasteiger charge is -2.13. The van der Waals surface area contributed by atoms with Crippen LogP contribution in [0.25, 0.3) is 39.0 Å². The van der Waals surface area contributed by atoms with Gasteiger partial charge in [-0.3, -0.25) is 14.2 Å². The van der Waals surface area contributed by atoms with Crippen LogP contribution in [0.15, 0.2) is 95.8 Å². The quantitative estimate of drug-likeness (QED) is 0.411. The molecule has 0 saturated heterocycles. The number of hydrogen-bond donors (Lipinski definition) is 1. The fraction of sp³-hybridized carbons (Fsp3) is 0. The van der Waals surface area contributed by atoms with Crippen LogP contribution in [0.5, 0.6) is 0 Å². The van der Waals surface area contributed by atoms with E-state index in [4.69, 9.17) is 4.98 Å². The van der Waals surface area contributed by atoms with Gasteiger partial charge in [0.1, 0.15) is 5.82 Å². The van der Waals surface area contributed by atoms with E-state index in [-0.39, 0.29) is 11.5 Å². The number of fused-ring (bicyclic) bond motifs is 3. The highest BCUT2D eigenvalue weighted by molar-refractivity contribution is 6.34. The van der Waals surface area contributed by atoms with Crippen molar-refractivity contribution in [3.8, 4) is 5.69 Å². The summed E-state index contributed by atoms with van der Waals surface area (Å²) in [7, 11) is 0. The third kappa shape index (κ3) is 2.83. The van der Waals surface area contributed by atoms with Gasteiger partial charge in [0, 0.05) is 11.3 Å². The van der Waals surface area contributed by atoms with Gasteiger partial charge in [0.25, 0.3) is 11.5 Å². The first-order chi connectivity index (χ1) is 15.7. The minimum absolute atomic E-state index is 0.176. The zero-order chi connectivity index (χ0) is 21.7. The molecule has 0 bridgehead atoms. The van der Waals surface area contributed by atoms with Crippen molar-refractivity contribution < 1.29 is 4.79 Å². The molecule has 6 rings (SSSR count). The molecular weight excluding hydrogens is 398 g/mol. The third-order valence-electron chi connectivity index (χ3n) is 5.78. The number of anilines is 1. The molecule has 5 heteroatoms. The van der Waals surface area contributed by atoms with E-state index in [0.29, 0.717) is 28.0 Å². The summed E-state index contributed by atoms with van der Waals surface area (Å²) in [4.78, 5) is 31.1. The highest BCUT2D eigenvalue weighted by atomic mass is 16.2. The number of carbonyl (C=O) groups excluding carboxylic acids is 1. The van der Waals surface area contributed by atoms with Crippen LogP contribution in [0.1, 0.15) is 11.4 Å². The molecule has 0 atom stereocenters. The molecule has 0 aliphatic carbocycles. The molecule has 0 spiro atoms. The van der Waals surface area contributed by atoms with E-state index in [9.17, 15) is 9.59 Å². The van der Waals surface area contributed by atoms with Crippen molar-refractivity contribution in [3.63, 3.8) is 0 Å². The van der Waals surface area contributed by atoms with Crippen LogP contribution in [-0.4, -0.2) is 15.5 Å². The van der Waals surface area contributed by atoms with Crippen LogP contribution in [0.4, 0.5) is 5.69 Å². The van der Waals surface area contributed by atoms with E-state index in [1.807, 2.05) is 84.9 Å². The Bertz CT molecular complexity index is 1650. The van der Waals surface area contributed by atoms with Crippen molar-refractivity contribution in [1.29, 1.82) is 0 Å². The van der Waals surface area contributed by atoms with Crippen molar-refractivity contribution in [3.05, 3.63) is 113 Å². The van der Waals surface area contributed by atoms with Crippen molar-refractivity contribution in [2.75, 3.05) is 5.32 Å². The molecule has 1 amide bonds. The lowest BCUT2D eigenvalue weighted by atomic mass is 10.1. The van der Waals surface area contributed by atoms with E-state index in [1.165, 1.54) is 0 Å². The zero-order valence-corrected chi connectivity index (χ0v) is 16.9. The maximum Gasteiger partial charge on any atom is 0.266 e. The van der Waals surface area contributed by atoms with Crippen molar-refractivity contribution in [2.45, 2.75) is 0 Å². The lowest BCUT2D eigenvalue weighted by Crippen LogP contribution is -2.22.